The molecule has 6 heteroatoms. The average Bonchev–Trinajstić information content (AvgIpc) is 2.65. The first-order valence-electron chi connectivity index (χ1n) is 7.35. The summed E-state index contributed by atoms with van der Waals surface area (Å²) in [6, 6.07) is 7.80. The van der Waals surface area contributed by atoms with Crippen molar-refractivity contribution in [3.8, 4) is 0 Å². The minimum absolute atomic E-state index is 0.204. The molecule has 120 valence electrons. The lowest BCUT2D eigenvalue weighted by Crippen LogP contribution is -2.41. The fourth-order valence-corrected chi connectivity index (χ4v) is 3.02. The van der Waals surface area contributed by atoms with E-state index in [-0.39, 0.29) is 18.2 Å². The second kappa shape index (κ2) is 6.34. The molecule has 1 atom stereocenters. The van der Waals surface area contributed by atoms with Gasteiger partial charge in [0.15, 0.2) is 0 Å². The first-order valence-corrected chi connectivity index (χ1v) is 8.14. The predicted octanol–water partition coefficient (Wildman–Crippen LogP) is 3.73. The Labute approximate surface area is 140 Å². The fourth-order valence-electron chi connectivity index (χ4n) is 2.44. The van der Waals surface area contributed by atoms with Gasteiger partial charge in [-0.05, 0) is 39.3 Å². The number of benzene rings is 1. The molecule has 1 unspecified atom stereocenters. The number of carbonyl (C=O) groups excluding carboxylic acids is 1. The first kappa shape index (κ1) is 17.5. The Balaban J connectivity index is 2.35. The van der Waals surface area contributed by atoms with Crippen LogP contribution in [0.25, 0.3) is 0 Å². The van der Waals surface area contributed by atoms with Gasteiger partial charge in [0.1, 0.15) is 0 Å². The van der Waals surface area contributed by atoms with Crippen molar-refractivity contribution in [2.24, 2.45) is 0 Å². The third-order valence-electron chi connectivity index (χ3n) is 4.52. The van der Waals surface area contributed by atoms with Crippen molar-refractivity contribution >= 4 is 29.0 Å². The highest BCUT2D eigenvalue weighted by Gasteiger charge is 2.54. The Morgan fingerprint density at radius 2 is 1.77 bits per heavy atom. The highest BCUT2D eigenvalue weighted by molar-refractivity contribution is 9.10. The molecule has 0 bridgehead atoms. The molecule has 1 heterocycles. The lowest BCUT2D eigenvalue weighted by Gasteiger charge is -2.32. The third kappa shape index (κ3) is 3.39. The van der Waals surface area contributed by atoms with Crippen molar-refractivity contribution in [2.45, 2.75) is 51.1 Å². The Morgan fingerprint density at radius 3 is 2.27 bits per heavy atom. The van der Waals surface area contributed by atoms with E-state index >= 15 is 0 Å². The number of hydrogen-bond acceptors (Lipinski definition) is 4. The summed E-state index contributed by atoms with van der Waals surface area (Å²) >= 11 is 3.55. The van der Waals surface area contributed by atoms with Crippen LogP contribution in [0.1, 0.15) is 45.5 Å². The molecule has 0 saturated carbocycles. The number of methoxy groups -OCH3 is 1. The van der Waals surface area contributed by atoms with Crippen LogP contribution in [-0.2, 0) is 18.8 Å². The molecule has 0 aliphatic carbocycles. The van der Waals surface area contributed by atoms with E-state index in [4.69, 9.17) is 14.0 Å². The number of esters is 1. The van der Waals surface area contributed by atoms with Gasteiger partial charge in [-0.25, -0.2) is 0 Å². The van der Waals surface area contributed by atoms with E-state index < -0.39 is 18.3 Å². The Morgan fingerprint density at radius 1 is 1.23 bits per heavy atom. The zero-order valence-electron chi connectivity index (χ0n) is 13.7. The summed E-state index contributed by atoms with van der Waals surface area (Å²) in [6.45, 7) is 8.01. The maximum absolute atomic E-state index is 11.8. The number of rotatable bonds is 4. The molecular formula is C16H22BBrO4. The molecule has 0 radical (unpaired) electrons. The van der Waals surface area contributed by atoms with Crippen LogP contribution in [0.15, 0.2) is 28.7 Å². The van der Waals surface area contributed by atoms with Gasteiger partial charge in [-0.15, -0.1) is 0 Å². The normalized spacial score (nSPS) is 20.7. The molecule has 0 spiro atoms. The van der Waals surface area contributed by atoms with E-state index in [2.05, 4.69) is 15.9 Å². The topological polar surface area (TPSA) is 44.8 Å². The lowest BCUT2D eigenvalue weighted by molar-refractivity contribution is -0.140. The molecule has 22 heavy (non-hydrogen) atoms. The van der Waals surface area contributed by atoms with Crippen molar-refractivity contribution in [2.75, 3.05) is 7.11 Å². The second-order valence-corrected chi connectivity index (χ2v) is 7.39. The molecule has 1 fully saturated rings. The SMILES string of the molecule is COC(=O)CC(B1OC(C)(C)C(C)(C)O1)c1ccccc1Br. The van der Waals surface area contributed by atoms with Gasteiger partial charge < -0.3 is 14.0 Å². The van der Waals surface area contributed by atoms with Gasteiger partial charge in [0.05, 0.1) is 24.7 Å². The first-order chi connectivity index (χ1) is 10.2. The van der Waals surface area contributed by atoms with Gasteiger partial charge in [-0.3, -0.25) is 4.79 Å². The summed E-state index contributed by atoms with van der Waals surface area (Å²) in [7, 11) is 0.895. The van der Waals surface area contributed by atoms with Gasteiger partial charge in [-0.2, -0.15) is 0 Å². The lowest BCUT2D eigenvalue weighted by atomic mass is 9.66. The van der Waals surface area contributed by atoms with Crippen molar-refractivity contribution in [3.05, 3.63) is 34.3 Å². The van der Waals surface area contributed by atoms with Gasteiger partial charge in [0, 0.05) is 10.3 Å². The summed E-state index contributed by atoms with van der Waals surface area (Å²) in [4.78, 5) is 11.8. The quantitative estimate of drug-likeness (QED) is 0.600. The molecule has 0 aromatic heterocycles. The zero-order valence-corrected chi connectivity index (χ0v) is 15.3. The average molecular weight is 369 g/mol. The highest BCUT2D eigenvalue weighted by atomic mass is 79.9. The smallest absolute Gasteiger partial charge is 0.466 e. The van der Waals surface area contributed by atoms with Crippen molar-refractivity contribution in [1.29, 1.82) is 0 Å². The summed E-state index contributed by atoms with van der Waals surface area (Å²) < 4.78 is 18.0. The molecule has 4 nitrogen and oxygen atoms in total. The van der Waals surface area contributed by atoms with Crippen LogP contribution in [0.5, 0.6) is 0 Å². The van der Waals surface area contributed by atoms with Gasteiger partial charge in [0.2, 0.25) is 0 Å². The molecule has 1 aromatic rings. The maximum Gasteiger partial charge on any atom is 0.466 e. The van der Waals surface area contributed by atoms with E-state index in [1.807, 2.05) is 52.0 Å². The molecule has 1 aromatic carbocycles. The highest BCUT2D eigenvalue weighted by Crippen LogP contribution is 2.42. The van der Waals surface area contributed by atoms with Crippen molar-refractivity contribution < 1.29 is 18.8 Å². The van der Waals surface area contributed by atoms with Crippen LogP contribution in [0.4, 0.5) is 0 Å². The van der Waals surface area contributed by atoms with Crippen LogP contribution >= 0.6 is 15.9 Å². The number of carbonyl (C=O) groups is 1. The standard InChI is InChI=1S/C16H22BBrO4/c1-15(2)16(3,4)22-17(21-15)12(10-14(19)20-5)11-8-6-7-9-13(11)18/h6-9,12H,10H2,1-5H3. The van der Waals surface area contributed by atoms with Gasteiger partial charge in [-0.1, -0.05) is 34.1 Å². The van der Waals surface area contributed by atoms with E-state index in [1.165, 1.54) is 7.11 Å². The number of halogens is 1. The predicted molar refractivity (Wildman–Crippen MR) is 89.6 cm³/mol. The van der Waals surface area contributed by atoms with E-state index in [1.54, 1.807) is 0 Å². The van der Waals surface area contributed by atoms with Crippen LogP contribution in [0, 0.1) is 0 Å². The van der Waals surface area contributed by atoms with E-state index in [9.17, 15) is 4.79 Å². The molecule has 0 N–H and O–H groups in total. The summed E-state index contributed by atoms with van der Waals surface area (Å²) in [5.74, 6) is -0.514. The summed E-state index contributed by atoms with van der Waals surface area (Å²) in [5.41, 5.74) is 0.104. The zero-order chi connectivity index (χ0) is 16.5. The summed E-state index contributed by atoms with van der Waals surface area (Å²) in [6.07, 6.45) is 0.204. The monoisotopic (exact) mass is 368 g/mol. The fraction of sp³-hybridized carbons (Fsp3) is 0.562. The summed E-state index contributed by atoms with van der Waals surface area (Å²) in [5, 5.41) is 0. The maximum atomic E-state index is 11.8. The van der Waals surface area contributed by atoms with Crippen molar-refractivity contribution in [3.63, 3.8) is 0 Å². The van der Waals surface area contributed by atoms with Crippen LogP contribution in [0.2, 0.25) is 0 Å². The molecule has 0 amide bonds. The molecule has 1 saturated heterocycles. The van der Waals surface area contributed by atoms with Gasteiger partial charge >= 0.3 is 13.1 Å². The Hall–Kier alpha value is -0.845. The minimum Gasteiger partial charge on any atom is -0.469 e. The Kier molecular flexibility index (Phi) is 5.04. The van der Waals surface area contributed by atoms with Crippen molar-refractivity contribution in [1.82, 2.24) is 0 Å². The van der Waals surface area contributed by atoms with Crippen LogP contribution in [0.3, 0.4) is 0 Å². The third-order valence-corrected chi connectivity index (χ3v) is 5.24. The minimum atomic E-state index is -0.497. The second-order valence-electron chi connectivity index (χ2n) is 6.53. The number of ether oxygens (including phenoxy) is 1. The number of hydrogen-bond donors (Lipinski definition) is 0. The van der Waals surface area contributed by atoms with Gasteiger partial charge in [0.25, 0.3) is 0 Å². The molecule has 1 aliphatic heterocycles. The molecule has 2 rings (SSSR count). The Bertz CT molecular complexity index is 543. The van der Waals surface area contributed by atoms with E-state index in [0.29, 0.717) is 0 Å². The largest absolute Gasteiger partial charge is 0.469 e. The molecular weight excluding hydrogens is 347 g/mol. The van der Waals surface area contributed by atoms with E-state index in [0.717, 1.165) is 10.0 Å². The van der Waals surface area contributed by atoms with Crippen LogP contribution in [-0.4, -0.2) is 31.4 Å². The van der Waals surface area contributed by atoms with Crippen LogP contribution < -0.4 is 0 Å². The molecule has 1 aliphatic rings.